The second-order valence-corrected chi connectivity index (χ2v) is 21.2. The highest BCUT2D eigenvalue weighted by Crippen LogP contribution is 2.28. The average molecular weight is 1150 g/mol. The quantitative estimate of drug-likeness (QED) is 0.0269. The molecule has 0 saturated carbocycles. The summed E-state index contributed by atoms with van der Waals surface area (Å²) in [5, 5.41) is 102. The van der Waals surface area contributed by atoms with Gasteiger partial charge in [-0.15, -0.1) is 0 Å². The lowest BCUT2D eigenvalue weighted by atomic mass is 9.84. The smallest absolute Gasteiger partial charge is 0.234 e. The minimum Gasteiger partial charge on any atom is -0.388 e. The standard InChI is InChI=1S/C52H90N6O22/c1-5-34(59)13-8-6-10-16-53-36(61)26-57(28-38(63)55-18-21-76-51-47(72)44(69)41(66)30(3)79-51)27-37(62)54-17-11-7-9-15-39(64)58-24-32(35(60)14-12-20-75-50-46(71)43(68)40(65)29(2)78-50)23-33(25-58)49(74)56-19-22-77-52-48(73)45(70)42(67)31(4)80-52/h29-33,40-48,50-52,65-73H,5-28H2,1-4H3,(H,53,61)(H,54,62)(H,55,63)(H,56,74)/t29-,30-,31-,32?,33?,40+,41+,42+,43+,44+,45+,46-,47-,48-,50+,51+,52+/m0/s1. The van der Waals surface area contributed by atoms with Gasteiger partial charge in [0.25, 0.3) is 0 Å². The highest BCUT2D eigenvalue weighted by atomic mass is 16.7. The van der Waals surface area contributed by atoms with Crippen LogP contribution >= 0.6 is 0 Å². The first-order chi connectivity index (χ1) is 38.0. The number of hydrogen-bond donors (Lipinski definition) is 13. The van der Waals surface area contributed by atoms with E-state index in [1.807, 2.05) is 0 Å². The summed E-state index contributed by atoms with van der Waals surface area (Å²) in [6.45, 7) is 5.52. The Kier molecular flexibility index (Phi) is 30.2. The van der Waals surface area contributed by atoms with E-state index in [9.17, 15) is 79.5 Å². The van der Waals surface area contributed by atoms with Gasteiger partial charge in [0, 0.05) is 70.9 Å². The molecule has 460 valence electrons. The molecule has 2 unspecified atom stereocenters. The third-order valence-electron chi connectivity index (χ3n) is 14.6. The number of carbonyl (C=O) groups is 7. The molecule has 4 rings (SSSR count). The van der Waals surface area contributed by atoms with Crippen molar-refractivity contribution in [2.24, 2.45) is 11.8 Å². The second kappa shape index (κ2) is 35.2. The van der Waals surface area contributed by atoms with Crippen LogP contribution in [0.4, 0.5) is 0 Å². The highest BCUT2D eigenvalue weighted by Gasteiger charge is 2.45. The molecule has 0 bridgehead atoms. The van der Waals surface area contributed by atoms with Crippen LogP contribution in [0.5, 0.6) is 0 Å². The van der Waals surface area contributed by atoms with Crippen molar-refractivity contribution in [1.82, 2.24) is 31.1 Å². The van der Waals surface area contributed by atoms with E-state index in [0.717, 1.165) is 6.42 Å². The molecule has 4 fully saturated rings. The molecule has 28 nitrogen and oxygen atoms in total. The van der Waals surface area contributed by atoms with Gasteiger partial charge in [-0.25, -0.2) is 0 Å². The number of aliphatic hydroxyl groups is 9. The molecule has 80 heavy (non-hydrogen) atoms. The fourth-order valence-corrected chi connectivity index (χ4v) is 9.63. The Balaban J connectivity index is 1.25. The van der Waals surface area contributed by atoms with Crippen LogP contribution < -0.4 is 21.3 Å². The average Bonchev–Trinajstić information content (AvgIpc) is 3.43. The van der Waals surface area contributed by atoms with Crippen LogP contribution in [0.1, 0.15) is 105 Å². The van der Waals surface area contributed by atoms with Crippen LogP contribution in [-0.2, 0) is 62.0 Å². The zero-order valence-electron chi connectivity index (χ0n) is 46.5. The van der Waals surface area contributed by atoms with Gasteiger partial charge in [0.05, 0.1) is 63.7 Å². The van der Waals surface area contributed by atoms with E-state index in [2.05, 4.69) is 21.3 Å². The fraction of sp³-hybridized carbons (Fsp3) is 0.865. The van der Waals surface area contributed by atoms with E-state index in [4.69, 9.17) is 28.4 Å². The topological polar surface area (TPSA) is 412 Å². The van der Waals surface area contributed by atoms with Crippen LogP contribution in [0.3, 0.4) is 0 Å². The first-order valence-electron chi connectivity index (χ1n) is 28.1. The molecule has 4 aliphatic heterocycles. The maximum absolute atomic E-state index is 13.7. The zero-order chi connectivity index (χ0) is 59.1. The fourth-order valence-electron chi connectivity index (χ4n) is 9.63. The highest BCUT2D eigenvalue weighted by molar-refractivity contribution is 5.86. The first kappa shape index (κ1) is 68.5. The van der Waals surface area contributed by atoms with Crippen LogP contribution in [0, 0.1) is 11.8 Å². The summed E-state index contributed by atoms with van der Waals surface area (Å²) in [7, 11) is 0. The molecule has 5 amide bonds. The lowest BCUT2D eigenvalue weighted by Crippen LogP contribution is -2.57. The molecular weight excluding hydrogens is 1060 g/mol. The number of unbranched alkanes of at least 4 members (excludes halogenated alkanes) is 4. The lowest BCUT2D eigenvalue weighted by molar-refractivity contribution is -0.293. The number of nitrogens with one attached hydrogen (secondary N) is 4. The van der Waals surface area contributed by atoms with Crippen molar-refractivity contribution >= 4 is 41.1 Å². The van der Waals surface area contributed by atoms with Gasteiger partial charge in [-0.1, -0.05) is 19.8 Å². The molecule has 0 aliphatic carbocycles. The minimum atomic E-state index is -1.54. The molecule has 13 N–H and O–H groups in total. The lowest BCUT2D eigenvalue weighted by Gasteiger charge is -2.39. The van der Waals surface area contributed by atoms with Crippen molar-refractivity contribution in [3.05, 3.63) is 0 Å². The number of carbonyl (C=O) groups excluding carboxylic acids is 7. The van der Waals surface area contributed by atoms with Gasteiger partial charge in [-0.3, -0.25) is 38.5 Å². The van der Waals surface area contributed by atoms with Crippen molar-refractivity contribution in [2.75, 3.05) is 78.7 Å². The first-order valence-corrected chi connectivity index (χ1v) is 28.1. The number of piperidine rings is 1. The third kappa shape index (κ3) is 22.3. The monoisotopic (exact) mass is 1150 g/mol. The number of ether oxygens (including phenoxy) is 6. The number of aliphatic hydroxyl groups excluding tert-OH is 9. The van der Waals surface area contributed by atoms with Gasteiger partial charge in [0.1, 0.15) is 66.5 Å². The Morgan fingerprint density at radius 2 is 0.887 bits per heavy atom. The third-order valence-corrected chi connectivity index (χ3v) is 14.6. The molecule has 4 heterocycles. The van der Waals surface area contributed by atoms with Crippen LogP contribution in [-0.4, -0.2) is 268 Å². The van der Waals surface area contributed by atoms with Crippen molar-refractivity contribution in [2.45, 2.75) is 197 Å². The summed E-state index contributed by atoms with van der Waals surface area (Å²) < 4.78 is 32.9. The SMILES string of the molecule is CCC(=O)CCCCCNC(=O)CN(CC(=O)NCCCCCC(=O)N1CC(C(=O)CCCO[C@@H]2O[C@@H](C)[C@@H](O)[C@@H](O)[C@@H]2O)CC(C(=O)NCCO[C@@H]2O[C@@H](C)[C@@H](O)[C@@H](O)[C@@H]2O)C1)CC(=O)NCCO[C@@H]1O[C@@H](C)[C@@H](O)[C@@H](O)[C@@H]1O. The molecule has 4 aliphatic rings. The minimum absolute atomic E-state index is 0.00639. The molecule has 28 heteroatoms. The summed E-state index contributed by atoms with van der Waals surface area (Å²) in [6.07, 6.45) is -14.6. The summed E-state index contributed by atoms with van der Waals surface area (Å²) in [4.78, 5) is 94.4. The Labute approximate surface area is 466 Å². The maximum Gasteiger partial charge on any atom is 0.234 e. The van der Waals surface area contributed by atoms with E-state index in [1.54, 1.807) is 6.92 Å². The Morgan fingerprint density at radius 1 is 0.475 bits per heavy atom. The van der Waals surface area contributed by atoms with Gasteiger partial charge in [0.15, 0.2) is 18.9 Å². The van der Waals surface area contributed by atoms with Crippen molar-refractivity contribution in [3.8, 4) is 0 Å². The molecule has 0 aromatic carbocycles. The van der Waals surface area contributed by atoms with Gasteiger partial charge in [-0.05, 0) is 59.3 Å². The number of likely N-dealkylation sites (tertiary alicyclic amines) is 1. The normalized spacial score (nSPS) is 31.8. The van der Waals surface area contributed by atoms with Crippen LogP contribution in [0.2, 0.25) is 0 Å². The molecule has 17 atom stereocenters. The van der Waals surface area contributed by atoms with E-state index >= 15 is 0 Å². The van der Waals surface area contributed by atoms with Gasteiger partial charge >= 0.3 is 0 Å². The largest absolute Gasteiger partial charge is 0.388 e. The summed E-state index contributed by atoms with van der Waals surface area (Å²) in [6, 6.07) is 0. The van der Waals surface area contributed by atoms with Gasteiger partial charge in [0.2, 0.25) is 29.5 Å². The zero-order valence-corrected chi connectivity index (χ0v) is 46.5. The number of Topliss-reactive ketones (excluding diaryl/α,β-unsaturated/α-hetero) is 2. The van der Waals surface area contributed by atoms with Crippen molar-refractivity contribution in [1.29, 1.82) is 0 Å². The number of rotatable bonds is 34. The Bertz CT molecular complexity index is 1880. The molecule has 0 radical (unpaired) electrons. The molecule has 0 aromatic rings. The predicted octanol–water partition coefficient (Wildman–Crippen LogP) is -4.80. The molecule has 0 aromatic heterocycles. The number of hydrogen-bond acceptors (Lipinski definition) is 23. The number of ketones is 2. The van der Waals surface area contributed by atoms with Gasteiger partial charge < -0.3 is 101 Å². The Hall–Kier alpha value is -3.95. The molecule has 0 spiro atoms. The second-order valence-electron chi connectivity index (χ2n) is 21.2. The van der Waals surface area contributed by atoms with Gasteiger partial charge in [-0.2, -0.15) is 0 Å². The van der Waals surface area contributed by atoms with Crippen molar-refractivity contribution < 1.29 is 108 Å². The van der Waals surface area contributed by atoms with E-state index in [0.29, 0.717) is 51.5 Å². The predicted molar refractivity (Wildman–Crippen MR) is 278 cm³/mol. The van der Waals surface area contributed by atoms with Crippen LogP contribution in [0.15, 0.2) is 0 Å². The maximum atomic E-state index is 13.7. The molecular formula is C52H90N6O22. The number of amides is 5. The summed E-state index contributed by atoms with van der Waals surface area (Å²) in [5.74, 6) is -3.80. The summed E-state index contributed by atoms with van der Waals surface area (Å²) >= 11 is 0. The Morgan fingerprint density at radius 3 is 1.35 bits per heavy atom. The van der Waals surface area contributed by atoms with E-state index in [1.165, 1.54) is 30.6 Å². The van der Waals surface area contributed by atoms with Crippen molar-refractivity contribution in [3.63, 3.8) is 0 Å². The van der Waals surface area contributed by atoms with E-state index in [-0.39, 0.29) is 115 Å². The van der Waals surface area contributed by atoms with Crippen LogP contribution in [0.25, 0.3) is 0 Å². The number of nitrogens with zero attached hydrogens (tertiary/aromatic N) is 2. The summed E-state index contributed by atoms with van der Waals surface area (Å²) in [5.41, 5.74) is 0. The van der Waals surface area contributed by atoms with E-state index < -0.39 is 128 Å². The molecule has 4 saturated heterocycles.